The van der Waals surface area contributed by atoms with Crippen molar-refractivity contribution in [1.29, 1.82) is 0 Å². The number of hydrogen-bond acceptors (Lipinski definition) is 6. The van der Waals surface area contributed by atoms with Gasteiger partial charge in [-0.2, -0.15) is 5.10 Å². The van der Waals surface area contributed by atoms with Gasteiger partial charge in [0.15, 0.2) is 5.69 Å². The van der Waals surface area contributed by atoms with E-state index in [2.05, 4.69) is 20.6 Å². The van der Waals surface area contributed by atoms with Crippen LogP contribution in [0.5, 0.6) is 0 Å². The molecule has 1 aromatic heterocycles. The van der Waals surface area contributed by atoms with Crippen molar-refractivity contribution in [2.45, 2.75) is 0 Å². The maximum absolute atomic E-state index is 12.2. The molecule has 1 amide bonds. The van der Waals surface area contributed by atoms with Crippen LogP contribution in [0.25, 0.3) is 5.69 Å². The Hall–Kier alpha value is -2.49. The molecule has 0 radical (unpaired) electrons. The molecule has 140 valence electrons. The van der Waals surface area contributed by atoms with Crippen molar-refractivity contribution < 1.29 is 9.72 Å². The number of carbonyl (C=O) groups excluding carboxylic acids is 1. The van der Waals surface area contributed by atoms with Gasteiger partial charge in [0.25, 0.3) is 11.6 Å². The van der Waals surface area contributed by atoms with Gasteiger partial charge in [-0.25, -0.2) is 4.68 Å². The first-order valence-electron chi connectivity index (χ1n) is 8.16. The summed E-state index contributed by atoms with van der Waals surface area (Å²) in [5.41, 5.74) is 0.502. The molecule has 2 aromatic rings. The number of piperazine rings is 1. The van der Waals surface area contributed by atoms with Crippen molar-refractivity contribution in [3.63, 3.8) is 0 Å². The van der Waals surface area contributed by atoms with Crippen molar-refractivity contribution in [1.82, 2.24) is 25.3 Å². The number of rotatable bonds is 6. The van der Waals surface area contributed by atoms with Gasteiger partial charge in [-0.1, -0.05) is 12.1 Å². The average Bonchev–Trinajstić information content (AvgIpc) is 3.12. The van der Waals surface area contributed by atoms with E-state index in [1.807, 2.05) is 0 Å². The van der Waals surface area contributed by atoms with E-state index in [0.717, 1.165) is 32.7 Å². The van der Waals surface area contributed by atoms with E-state index in [0.29, 0.717) is 12.2 Å². The molecule has 0 spiro atoms. The Morgan fingerprint density at radius 3 is 2.73 bits per heavy atom. The van der Waals surface area contributed by atoms with E-state index >= 15 is 0 Å². The van der Waals surface area contributed by atoms with Gasteiger partial charge in [0.1, 0.15) is 5.69 Å². The highest BCUT2D eigenvalue weighted by Crippen LogP contribution is 2.21. The van der Waals surface area contributed by atoms with E-state index in [9.17, 15) is 14.9 Å². The van der Waals surface area contributed by atoms with Crippen LogP contribution in [0.2, 0.25) is 0 Å². The summed E-state index contributed by atoms with van der Waals surface area (Å²) in [7, 11) is 0. The molecule has 3 rings (SSSR count). The number of hydrogen-bond donors (Lipinski definition) is 2. The zero-order chi connectivity index (χ0) is 17.6. The van der Waals surface area contributed by atoms with E-state index in [4.69, 9.17) is 0 Å². The lowest BCUT2D eigenvalue weighted by Crippen LogP contribution is -2.46. The number of para-hydroxylation sites is 2. The van der Waals surface area contributed by atoms with Crippen LogP contribution in [-0.4, -0.2) is 64.8 Å². The summed E-state index contributed by atoms with van der Waals surface area (Å²) in [5, 5.41) is 21.4. The molecule has 1 aromatic carbocycles. The Balaban J connectivity index is 0.00000243. The molecule has 0 unspecified atom stereocenters. The van der Waals surface area contributed by atoms with Crippen LogP contribution in [0.1, 0.15) is 10.5 Å². The van der Waals surface area contributed by atoms with Crippen molar-refractivity contribution in [3.05, 3.63) is 52.3 Å². The first kappa shape index (κ1) is 19.8. The first-order valence-corrected chi connectivity index (χ1v) is 8.16. The fourth-order valence-electron chi connectivity index (χ4n) is 2.74. The van der Waals surface area contributed by atoms with Gasteiger partial charge < -0.3 is 10.6 Å². The third kappa shape index (κ3) is 4.78. The molecule has 0 bridgehead atoms. The second kappa shape index (κ2) is 9.27. The van der Waals surface area contributed by atoms with Crippen LogP contribution in [0.3, 0.4) is 0 Å². The van der Waals surface area contributed by atoms with Gasteiger partial charge in [-0.15, -0.1) is 12.4 Å². The quantitative estimate of drug-likeness (QED) is 0.568. The standard InChI is InChI=1S/C16H20N6O3.ClH/c23-16(18-8-12-20-10-6-17-7-11-20)13-5-9-21(19-13)14-3-1-2-4-15(14)22(24)25;/h1-5,9,17H,6-8,10-12H2,(H,18,23);1H. The van der Waals surface area contributed by atoms with Gasteiger partial charge in [0.05, 0.1) is 4.92 Å². The SMILES string of the molecule is Cl.O=C(NCCN1CCNCC1)c1ccn(-c2ccccc2[N+](=O)[O-])n1. The van der Waals surface area contributed by atoms with E-state index < -0.39 is 4.92 Å². The van der Waals surface area contributed by atoms with Gasteiger partial charge in [-0.05, 0) is 12.1 Å². The third-order valence-electron chi connectivity index (χ3n) is 4.07. The molecule has 1 aliphatic heterocycles. The van der Waals surface area contributed by atoms with Crippen molar-refractivity contribution >= 4 is 24.0 Å². The molecule has 0 saturated carbocycles. The molecule has 1 fully saturated rings. The molecular formula is C16H21ClN6O3. The monoisotopic (exact) mass is 380 g/mol. The highest BCUT2D eigenvalue weighted by molar-refractivity contribution is 5.92. The summed E-state index contributed by atoms with van der Waals surface area (Å²) in [6.45, 7) is 5.21. The zero-order valence-electron chi connectivity index (χ0n) is 14.1. The Labute approximate surface area is 156 Å². The number of carbonyl (C=O) groups is 1. The summed E-state index contributed by atoms with van der Waals surface area (Å²) in [5.74, 6) is -0.285. The zero-order valence-corrected chi connectivity index (χ0v) is 14.9. The molecule has 0 aliphatic carbocycles. The predicted molar refractivity (Wildman–Crippen MR) is 99.1 cm³/mol. The number of aromatic nitrogens is 2. The largest absolute Gasteiger partial charge is 0.349 e. The van der Waals surface area contributed by atoms with Gasteiger partial charge in [0, 0.05) is 51.5 Å². The third-order valence-corrected chi connectivity index (χ3v) is 4.07. The molecule has 1 aliphatic rings. The normalized spacial score (nSPS) is 14.5. The number of halogens is 1. The molecule has 10 heteroatoms. The minimum Gasteiger partial charge on any atom is -0.349 e. The number of nitro benzene ring substituents is 1. The van der Waals surface area contributed by atoms with Crippen molar-refractivity contribution in [3.8, 4) is 5.69 Å². The maximum atomic E-state index is 12.2. The lowest BCUT2D eigenvalue weighted by atomic mass is 10.3. The predicted octanol–water partition coefficient (Wildman–Crippen LogP) is 0.837. The Kier molecular flexibility index (Phi) is 7.07. The van der Waals surface area contributed by atoms with Crippen LogP contribution < -0.4 is 10.6 Å². The lowest BCUT2D eigenvalue weighted by molar-refractivity contribution is -0.384. The summed E-state index contributed by atoms with van der Waals surface area (Å²) < 4.78 is 1.35. The van der Waals surface area contributed by atoms with Gasteiger partial charge >= 0.3 is 0 Å². The minimum absolute atomic E-state index is 0. The maximum Gasteiger partial charge on any atom is 0.294 e. The molecule has 26 heavy (non-hydrogen) atoms. The fourth-order valence-corrected chi connectivity index (χ4v) is 2.74. The Morgan fingerprint density at radius 1 is 1.27 bits per heavy atom. The first-order chi connectivity index (χ1) is 12.1. The van der Waals surface area contributed by atoms with Crippen LogP contribution in [0.4, 0.5) is 5.69 Å². The second-order valence-electron chi connectivity index (χ2n) is 5.74. The summed E-state index contributed by atoms with van der Waals surface area (Å²) in [6, 6.07) is 7.84. The van der Waals surface area contributed by atoms with Crippen molar-refractivity contribution in [2.75, 3.05) is 39.3 Å². The average molecular weight is 381 g/mol. The number of nitrogens with one attached hydrogen (secondary N) is 2. The van der Waals surface area contributed by atoms with Crippen LogP contribution in [-0.2, 0) is 0 Å². The van der Waals surface area contributed by atoms with E-state index in [-0.39, 0.29) is 29.7 Å². The van der Waals surface area contributed by atoms with Gasteiger partial charge in [-0.3, -0.25) is 19.8 Å². The van der Waals surface area contributed by atoms with E-state index in [1.165, 1.54) is 10.7 Å². The smallest absolute Gasteiger partial charge is 0.294 e. The molecule has 9 nitrogen and oxygen atoms in total. The van der Waals surface area contributed by atoms with Crippen molar-refractivity contribution in [2.24, 2.45) is 0 Å². The number of amides is 1. The molecule has 2 N–H and O–H groups in total. The number of nitro groups is 1. The highest BCUT2D eigenvalue weighted by Gasteiger charge is 2.17. The molecule has 0 atom stereocenters. The van der Waals surface area contributed by atoms with Crippen LogP contribution in [0.15, 0.2) is 36.5 Å². The summed E-state index contributed by atoms with van der Waals surface area (Å²) >= 11 is 0. The topological polar surface area (TPSA) is 105 Å². The van der Waals surface area contributed by atoms with Crippen LogP contribution in [0, 0.1) is 10.1 Å². The molecule has 2 heterocycles. The molecular weight excluding hydrogens is 360 g/mol. The summed E-state index contributed by atoms with van der Waals surface area (Å²) in [6.07, 6.45) is 1.55. The number of benzene rings is 1. The fraction of sp³-hybridized carbons (Fsp3) is 0.375. The highest BCUT2D eigenvalue weighted by atomic mass is 35.5. The Bertz CT molecular complexity index is 760. The summed E-state index contributed by atoms with van der Waals surface area (Å²) in [4.78, 5) is 25.1. The Morgan fingerprint density at radius 2 is 2.00 bits per heavy atom. The lowest BCUT2D eigenvalue weighted by Gasteiger charge is -2.26. The minimum atomic E-state index is -0.468. The number of nitrogens with zero attached hydrogens (tertiary/aromatic N) is 4. The molecule has 1 saturated heterocycles. The van der Waals surface area contributed by atoms with Gasteiger partial charge in [0.2, 0.25) is 0 Å². The van der Waals surface area contributed by atoms with Crippen LogP contribution >= 0.6 is 12.4 Å². The second-order valence-corrected chi connectivity index (χ2v) is 5.74. The van der Waals surface area contributed by atoms with E-state index in [1.54, 1.807) is 30.5 Å².